The molecular weight excluding hydrogens is 214 g/mol. The molecule has 1 rings (SSSR count). The van der Waals surface area contributed by atoms with Crippen molar-refractivity contribution in [2.45, 2.75) is 58.7 Å². The monoisotopic (exact) mass is 239 g/mol. The van der Waals surface area contributed by atoms with Crippen molar-refractivity contribution < 1.29 is 4.74 Å². The normalized spacial score (nSPS) is 13.9. The second-order valence-electron chi connectivity index (χ2n) is 4.31. The molecule has 1 heterocycles. The van der Waals surface area contributed by atoms with E-state index in [4.69, 9.17) is 10.5 Å². The minimum absolute atomic E-state index is 0.113. The molecule has 1 unspecified atom stereocenters. The van der Waals surface area contributed by atoms with Gasteiger partial charge in [-0.1, -0.05) is 13.8 Å². The molecule has 0 aliphatic heterocycles. The molecule has 4 heteroatoms. The summed E-state index contributed by atoms with van der Waals surface area (Å²) >= 11 is 0. The minimum atomic E-state index is -0.268. The first-order valence-corrected chi connectivity index (χ1v) is 6.55. The highest BCUT2D eigenvalue weighted by atomic mass is 16.5. The number of aromatic nitrogens is 2. The fraction of sp³-hybridized carbons (Fsp3) is 0.769. The van der Waals surface area contributed by atoms with Crippen molar-refractivity contribution in [3.8, 4) is 0 Å². The molecule has 0 spiro atoms. The lowest BCUT2D eigenvalue weighted by atomic mass is 9.85. The van der Waals surface area contributed by atoms with Crippen LogP contribution in [0.15, 0.2) is 12.4 Å². The number of hydrogen-bond acceptors (Lipinski definition) is 3. The Kier molecular flexibility index (Phi) is 5.15. The smallest absolute Gasteiger partial charge is 0.0869 e. The van der Waals surface area contributed by atoms with Gasteiger partial charge < -0.3 is 10.5 Å². The Morgan fingerprint density at radius 3 is 2.41 bits per heavy atom. The summed E-state index contributed by atoms with van der Waals surface area (Å²) in [7, 11) is 0. The second kappa shape index (κ2) is 6.17. The lowest BCUT2D eigenvalue weighted by molar-refractivity contribution is -0.0645. The van der Waals surface area contributed by atoms with Crippen molar-refractivity contribution in [3.63, 3.8) is 0 Å². The van der Waals surface area contributed by atoms with Gasteiger partial charge in [-0.05, 0) is 26.7 Å². The lowest BCUT2D eigenvalue weighted by Gasteiger charge is -2.36. The van der Waals surface area contributed by atoms with Crippen LogP contribution in [-0.4, -0.2) is 22.0 Å². The topological polar surface area (TPSA) is 53.1 Å². The van der Waals surface area contributed by atoms with Crippen LogP contribution in [0.1, 0.15) is 52.1 Å². The number of ether oxygens (including phenoxy) is 1. The van der Waals surface area contributed by atoms with E-state index in [1.807, 2.05) is 24.0 Å². The van der Waals surface area contributed by atoms with Crippen LogP contribution in [0.5, 0.6) is 0 Å². The molecule has 0 fully saturated rings. The quantitative estimate of drug-likeness (QED) is 0.795. The van der Waals surface area contributed by atoms with Gasteiger partial charge in [0, 0.05) is 24.9 Å². The first kappa shape index (κ1) is 14.2. The van der Waals surface area contributed by atoms with E-state index in [0.717, 1.165) is 24.9 Å². The molecule has 1 atom stereocenters. The number of rotatable bonds is 7. The molecule has 1 aromatic heterocycles. The molecule has 2 N–H and O–H groups in total. The first-order valence-electron chi connectivity index (χ1n) is 6.55. The summed E-state index contributed by atoms with van der Waals surface area (Å²) in [4.78, 5) is 0. The Hall–Kier alpha value is -0.870. The number of nitrogens with two attached hydrogens (primary N) is 1. The predicted molar refractivity (Wildman–Crippen MR) is 69.8 cm³/mol. The SMILES string of the molecule is CCOC(CC)(CC)C(N)c1cnn(CC)c1. The van der Waals surface area contributed by atoms with Gasteiger partial charge in [-0.25, -0.2) is 0 Å². The van der Waals surface area contributed by atoms with Gasteiger partial charge in [0.2, 0.25) is 0 Å². The summed E-state index contributed by atoms with van der Waals surface area (Å²) in [5, 5.41) is 4.28. The van der Waals surface area contributed by atoms with Gasteiger partial charge >= 0.3 is 0 Å². The van der Waals surface area contributed by atoms with E-state index in [-0.39, 0.29) is 11.6 Å². The van der Waals surface area contributed by atoms with Crippen molar-refractivity contribution in [3.05, 3.63) is 18.0 Å². The van der Waals surface area contributed by atoms with E-state index < -0.39 is 0 Å². The Labute approximate surface area is 104 Å². The van der Waals surface area contributed by atoms with Crippen LogP contribution in [0.3, 0.4) is 0 Å². The highest BCUT2D eigenvalue weighted by Crippen LogP contribution is 2.33. The molecule has 4 nitrogen and oxygen atoms in total. The minimum Gasteiger partial charge on any atom is -0.373 e. The maximum atomic E-state index is 6.37. The third kappa shape index (κ3) is 2.87. The number of aryl methyl sites for hydroxylation is 1. The molecule has 0 saturated carbocycles. The van der Waals surface area contributed by atoms with Crippen molar-refractivity contribution in [1.29, 1.82) is 0 Å². The molecule has 0 amide bonds. The van der Waals surface area contributed by atoms with Crippen LogP contribution >= 0.6 is 0 Å². The highest BCUT2D eigenvalue weighted by molar-refractivity contribution is 5.15. The van der Waals surface area contributed by atoms with Crippen molar-refractivity contribution >= 4 is 0 Å². The zero-order chi connectivity index (χ0) is 12.9. The van der Waals surface area contributed by atoms with Crippen molar-refractivity contribution in [2.24, 2.45) is 5.73 Å². The van der Waals surface area contributed by atoms with Gasteiger partial charge in [-0.2, -0.15) is 5.10 Å². The van der Waals surface area contributed by atoms with E-state index in [1.165, 1.54) is 0 Å². The Bertz CT molecular complexity index is 331. The molecule has 0 aliphatic rings. The molecule has 0 aromatic carbocycles. The van der Waals surface area contributed by atoms with Crippen LogP contribution in [0.2, 0.25) is 0 Å². The summed E-state index contributed by atoms with van der Waals surface area (Å²) in [6.07, 6.45) is 5.70. The largest absolute Gasteiger partial charge is 0.373 e. The Morgan fingerprint density at radius 1 is 1.35 bits per heavy atom. The third-order valence-electron chi connectivity index (χ3n) is 3.53. The predicted octanol–water partition coefficient (Wildman–Crippen LogP) is 2.50. The zero-order valence-corrected chi connectivity index (χ0v) is 11.4. The summed E-state index contributed by atoms with van der Waals surface area (Å²) in [5.74, 6) is 0. The second-order valence-corrected chi connectivity index (χ2v) is 4.31. The molecule has 0 radical (unpaired) electrons. The van der Waals surface area contributed by atoms with Crippen LogP contribution in [0, 0.1) is 0 Å². The van der Waals surface area contributed by atoms with Crippen LogP contribution in [-0.2, 0) is 11.3 Å². The van der Waals surface area contributed by atoms with E-state index >= 15 is 0 Å². The van der Waals surface area contributed by atoms with Gasteiger partial charge in [0.25, 0.3) is 0 Å². The van der Waals surface area contributed by atoms with Gasteiger partial charge in [0.15, 0.2) is 0 Å². The number of hydrogen-bond donors (Lipinski definition) is 1. The maximum absolute atomic E-state index is 6.37. The molecule has 0 bridgehead atoms. The van der Waals surface area contributed by atoms with E-state index in [2.05, 4.69) is 25.9 Å². The fourth-order valence-electron chi connectivity index (χ4n) is 2.29. The molecular formula is C13H25N3O. The first-order chi connectivity index (χ1) is 8.13. The van der Waals surface area contributed by atoms with Crippen molar-refractivity contribution in [2.75, 3.05) is 6.61 Å². The van der Waals surface area contributed by atoms with Crippen LogP contribution in [0.4, 0.5) is 0 Å². The van der Waals surface area contributed by atoms with E-state index in [0.29, 0.717) is 6.61 Å². The van der Waals surface area contributed by atoms with E-state index in [1.54, 1.807) is 0 Å². The summed E-state index contributed by atoms with van der Waals surface area (Å²) < 4.78 is 7.83. The van der Waals surface area contributed by atoms with E-state index in [9.17, 15) is 0 Å². The molecule has 0 saturated heterocycles. The van der Waals surface area contributed by atoms with Crippen molar-refractivity contribution in [1.82, 2.24) is 9.78 Å². The van der Waals surface area contributed by atoms with Gasteiger partial charge in [-0.3, -0.25) is 4.68 Å². The summed E-state index contributed by atoms with van der Waals surface area (Å²) in [6.45, 7) is 9.90. The van der Waals surface area contributed by atoms with Gasteiger partial charge in [0.05, 0.1) is 17.8 Å². The molecule has 0 aliphatic carbocycles. The standard InChI is InChI=1S/C13H25N3O/c1-5-13(6-2,17-8-4)12(14)11-9-15-16(7-3)10-11/h9-10,12H,5-8,14H2,1-4H3. The lowest BCUT2D eigenvalue weighted by Crippen LogP contribution is -2.42. The highest BCUT2D eigenvalue weighted by Gasteiger charge is 2.35. The van der Waals surface area contributed by atoms with Crippen LogP contribution < -0.4 is 5.73 Å². The zero-order valence-electron chi connectivity index (χ0n) is 11.4. The van der Waals surface area contributed by atoms with Crippen LogP contribution in [0.25, 0.3) is 0 Å². The number of nitrogens with zero attached hydrogens (tertiary/aromatic N) is 2. The molecule has 1 aromatic rings. The fourth-order valence-corrected chi connectivity index (χ4v) is 2.29. The summed E-state index contributed by atoms with van der Waals surface area (Å²) in [6, 6.07) is -0.113. The average molecular weight is 239 g/mol. The Morgan fingerprint density at radius 2 is 2.00 bits per heavy atom. The molecule has 17 heavy (non-hydrogen) atoms. The Balaban J connectivity index is 2.93. The molecule has 98 valence electrons. The third-order valence-corrected chi connectivity index (χ3v) is 3.53. The maximum Gasteiger partial charge on any atom is 0.0869 e. The van der Waals surface area contributed by atoms with Gasteiger partial charge in [0.1, 0.15) is 0 Å². The summed E-state index contributed by atoms with van der Waals surface area (Å²) in [5.41, 5.74) is 7.16. The van der Waals surface area contributed by atoms with Gasteiger partial charge in [-0.15, -0.1) is 0 Å². The average Bonchev–Trinajstić information content (AvgIpc) is 2.84.